The Morgan fingerprint density at radius 1 is 1.19 bits per heavy atom. The number of alkyl halides is 3. The van der Waals surface area contributed by atoms with Crippen molar-refractivity contribution >= 4 is 11.7 Å². The van der Waals surface area contributed by atoms with Gasteiger partial charge in [-0.3, -0.25) is 4.79 Å². The highest BCUT2D eigenvalue weighted by Gasteiger charge is 2.31. The van der Waals surface area contributed by atoms with Crippen LogP contribution in [0.4, 0.5) is 23.4 Å². The third-order valence-electron chi connectivity index (χ3n) is 5.03. The maximum Gasteiger partial charge on any atom is 0.417 e. The molecule has 0 spiro atoms. The van der Waals surface area contributed by atoms with E-state index in [0.717, 1.165) is 18.7 Å². The van der Waals surface area contributed by atoms with Gasteiger partial charge in [-0.2, -0.15) is 13.2 Å². The molecule has 0 aliphatic carbocycles. The molecule has 31 heavy (non-hydrogen) atoms. The largest absolute Gasteiger partial charge is 0.445 e. The normalized spacial score (nSPS) is 16.9. The molecule has 4 rings (SSSR count). The molecule has 162 valence electrons. The zero-order chi connectivity index (χ0) is 22.0. The molecule has 2 aromatic heterocycles. The summed E-state index contributed by atoms with van der Waals surface area (Å²) >= 11 is 0. The number of likely N-dealkylation sites (tertiary alicyclic amines) is 1. The Kier molecular flexibility index (Phi) is 5.62. The summed E-state index contributed by atoms with van der Waals surface area (Å²) in [4.78, 5) is 22.6. The van der Waals surface area contributed by atoms with Gasteiger partial charge in [-0.15, -0.1) is 0 Å². The van der Waals surface area contributed by atoms with E-state index in [1.807, 2.05) is 0 Å². The number of oxazole rings is 1. The average Bonchev–Trinajstić information content (AvgIpc) is 3.28. The number of pyridine rings is 1. The van der Waals surface area contributed by atoms with Crippen LogP contribution in [0, 0.1) is 5.82 Å². The predicted octanol–water partition coefficient (Wildman–Crippen LogP) is 4.61. The van der Waals surface area contributed by atoms with Crippen LogP contribution in [0.1, 0.15) is 28.8 Å². The second kappa shape index (κ2) is 8.37. The molecule has 1 N–H and O–H groups in total. The first-order chi connectivity index (χ1) is 14.8. The van der Waals surface area contributed by atoms with Gasteiger partial charge in [-0.1, -0.05) is 0 Å². The topological polar surface area (TPSA) is 71.3 Å². The van der Waals surface area contributed by atoms with E-state index < -0.39 is 17.6 Å². The van der Waals surface area contributed by atoms with E-state index in [1.54, 1.807) is 4.90 Å². The molecule has 1 atom stereocenters. The summed E-state index contributed by atoms with van der Waals surface area (Å²) in [5, 5.41) is 3.08. The zero-order valence-electron chi connectivity index (χ0n) is 16.2. The molecule has 3 heterocycles. The number of piperidine rings is 1. The zero-order valence-corrected chi connectivity index (χ0v) is 16.2. The number of anilines is 1. The minimum Gasteiger partial charge on any atom is -0.445 e. The number of benzene rings is 1. The molecule has 1 fully saturated rings. The Balaban J connectivity index is 1.49. The molecule has 10 heteroatoms. The van der Waals surface area contributed by atoms with Crippen molar-refractivity contribution < 1.29 is 26.8 Å². The monoisotopic (exact) mass is 434 g/mol. The molecule has 1 aromatic carbocycles. The van der Waals surface area contributed by atoms with Crippen LogP contribution >= 0.6 is 0 Å². The average molecular weight is 434 g/mol. The summed E-state index contributed by atoms with van der Waals surface area (Å²) in [5.74, 6) is -0.380. The van der Waals surface area contributed by atoms with Crippen LogP contribution in [0.3, 0.4) is 0 Å². The minimum atomic E-state index is -4.45. The molecule has 1 unspecified atom stereocenters. The summed E-state index contributed by atoms with van der Waals surface area (Å²) in [6.45, 7) is 0.823. The Morgan fingerprint density at radius 2 is 2.03 bits per heavy atom. The maximum atomic E-state index is 13.8. The highest BCUT2D eigenvalue weighted by atomic mass is 19.4. The van der Waals surface area contributed by atoms with Crippen molar-refractivity contribution in [2.24, 2.45) is 0 Å². The van der Waals surface area contributed by atoms with Gasteiger partial charge in [0.2, 0.25) is 5.89 Å². The Hall–Kier alpha value is -3.43. The van der Waals surface area contributed by atoms with Crippen molar-refractivity contribution in [3.05, 3.63) is 65.9 Å². The van der Waals surface area contributed by atoms with Crippen molar-refractivity contribution in [2.75, 3.05) is 18.4 Å². The fourth-order valence-electron chi connectivity index (χ4n) is 3.54. The third kappa shape index (κ3) is 4.68. The van der Waals surface area contributed by atoms with Crippen molar-refractivity contribution in [3.63, 3.8) is 0 Å². The molecule has 3 aromatic rings. The number of halogens is 4. The standard InChI is InChI=1S/C21H18F4N4O2/c22-14-4-5-16(17(10-14)19-26-7-9-31-19)20(30)29-8-1-2-15(12-29)28-18-6-3-13(11-27-18)21(23,24)25/h3-7,9-11,15H,1-2,8,12H2,(H,27,28). The third-order valence-corrected chi connectivity index (χ3v) is 5.03. The van der Waals surface area contributed by atoms with Crippen LogP contribution in [0.25, 0.3) is 11.5 Å². The van der Waals surface area contributed by atoms with Crippen molar-refractivity contribution in [2.45, 2.75) is 25.1 Å². The van der Waals surface area contributed by atoms with Gasteiger partial charge in [0.1, 0.15) is 17.9 Å². The maximum absolute atomic E-state index is 13.8. The first kappa shape index (κ1) is 20.8. The number of hydrogen-bond donors (Lipinski definition) is 1. The van der Waals surface area contributed by atoms with Gasteiger partial charge in [-0.25, -0.2) is 14.4 Å². The molecule has 1 aliphatic rings. The second-order valence-electron chi connectivity index (χ2n) is 7.19. The quantitative estimate of drug-likeness (QED) is 0.608. The summed E-state index contributed by atoms with van der Waals surface area (Å²) < 4.78 is 57.1. The van der Waals surface area contributed by atoms with Crippen LogP contribution in [-0.2, 0) is 6.18 Å². The van der Waals surface area contributed by atoms with Crippen LogP contribution < -0.4 is 5.32 Å². The molecule has 0 saturated carbocycles. The van der Waals surface area contributed by atoms with E-state index in [2.05, 4.69) is 15.3 Å². The van der Waals surface area contributed by atoms with Gasteiger partial charge >= 0.3 is 6.18 Å². The summed E-state index contributed by atoms with van der Waals surface area (Å²) in [7, 11) is 0. The number of carbonyl (C=O) groups excluding carboxylic acids is 1. The number of hydrogen-bond acceptors (Lipinski definition) is 5. The first-order valence-corrected chi connectivity index (χ1v) is 9.60. The number of carbonyl (C=O) groups is 1. The number of nitrogens with one attached hydrogen (secondary N) is 1. The molecular weight excluding hydrogens is 416 g/mol. The lowest BCUT2D eigenvalue weighted by Crippen LogP contribution is -2.45. The molecule has 0 radical (unpaired) electrons. The van der Waals surface area contributed by atoms with Crippen molar-refractivity contribution in [1.82, 2.24) is 14.9 Å². The number of nitrogens with zero attached hydrogens (tertiary/aromatic N) is 3. The van der Waals surface area contributed by atoms with Crippen LogP contribution in [0.15, 0.2) is 53.4 Å². The molecule has 1 aliphatic heterocycles. The predicted molar refractivity (Wildman–Crippen MR) is 104 cm³/mol. The van der Waals surface area contributed by atoms with E-state index in [9.17, 15) is 22.4 Å². The van der Waals surface area contributed by atoms with Crippen molar-refractivity contribution in [3.8, 4) is 11.5 Å². The first-order valence-electron chi connectivity index (χ1n) is 9.60. The lowest BCUT2D eigenvalue weighted by Gasteiger charge is -2.33. The summed E-state index contributed by atoms with van der Waals surface area (Å²) in [6, 6.07) is 5.83. The molecule has 1 amide bonds. The molecular formula is C21H18F4N4O2. The van der Waals surface area contributed by atoms with Gasteiger partial charge in [0.05, 0.1) is 22.9 Å². The Morgan fingerprint density at radius 3 is 2.71 bits per heavy atom. The molecule has 0 bridgehead atoms. The Labute approximate surface area is 174 Å². The van der Waals surface area contributed by atoms with E-state index >= 15 is 0 Å². The summed E-state index contributed by atoms with van der Waals surface area (Å²) in [5.41, 5.74) is -0.305. The number of amides is 1. The van der Waals surface area contributed by atoms with Gasteiger partial charge in [0.15, 0.2) is 0 Å². The van der Waals surface area contributed by atoms with E-state index in [-0.39, 0.29) is 29.0 Å². The van der Waals surface area contributed by atoms with Gasteiger partial charge < -0.3 is 14.6 Å². The highest BCUT2D eigenvalue weighted by Crippen LogP contribution is 2.29. The number of rotatable bonds is 4. The highest BCUT2D eigenvalue weighted by molar-refractivity contribution is 6.00. The smallest absolute Gasteiger partial charge is 0.417 e. The summed E-state index contributed by atoms with van der Waals surface area (Å²) in [6.07, 6.45) is 0.491. The Bertz CT molecular complexity index is 1050. The van der Waals surface area contributed by atoms with Crippen molar-refractivity contribution in [1.29, 1.82) is 0 Å². The van der Waals surface area contributed by atoms with E-state index in [0.29, 0.717) is 25.3 Å². The van der Waals surface area contributed by atoms with E-state index in [4.69, 9.17) is 4.42 Å². The SMILES string of the molecule is O=C(c1ccc(F)cc1-c1ncco1)N1CCCC(Nc2ccc(C(F)(F)F)cn2)C1. The number of aromatic nitrogens is 2. The molecule has 1 saturated heterocycles. The van der Waals surface area contributed by atoms with Crippen LogP contribution in [0.5, 0.6) is 0 Å². The van der Waals surface area contributed by atoms with Gasteiger partial charge in [0.25, 0.3) is 5.91 Å². The second-order valence-corrected chi connectivity index (χ2v) is 7.19. The lowest BCUT2D eigenvalue weighted by atomic mass is 10.0. The van der Waals surface area contributed by atoms with Gasteiger partial charge in [0, 0.05) is 25.3 Å². The van der Waals surface area contributed by atoms with Crippen LogP contribution in [0.2, 0.25) is 0 Å². The molecule has 6 nitrogen and oxygen atoms in total. The van der Waals surface area contributed by atoms with Gasteiger partial charge in [-0.05, 0) is 43.2 Å². The van der Waals surface area contributed by atoms with Crippen LogP contribution in [-0.4, -0.2) is 39.9 Å². The fourth-order valence-corrected chi connectivity index (χ4v) is 3.54. The fraction of sp³-hybridized carbons (Fsp3) is 0.286. The minimum absolute atomic E-state index is 0.142. The van der Waals surface area contributed by atoms with E-state index in [1.165, 1.54) is 36.7 Å². The lowest BCUT2D eigenvalue weighted by molar-refractivity contribution is -0.137.